The van der Waals surface area contributed by atoms with Crippen molar-refractivity contribution in [3.05, 3.63) is 12.1 Å². The largest absolute Gasteiger partial charge is 0.482 e. The average Bonchev–Trinajstić information content (AvgIpc) is 2.43. The number of carbonyl (C=O) groups excluding carboxylic acids is 1. The molecule has 116 valence electrons. The average molecular weight is 295 g/mol. The predicted molar refractivity (Wildman–Crippen MR) is 80.6 cm³/mol. The molecule has 1 atom stereocenters. The summed E-state index contributed by atoms with van der Waals surface area (Å²) in [7, 11) is 1.59. The molecule has 21 heavy (non-hydrogen) atoms. The van der Waals surface area contributed by atoms with Gasteiger partial charge < -0.3 is 30.9 Å². The van der Waals surface area contributed by atoms with E-state index in [1.807, 2.05) is 0 Å². The van der Waals surface area contributed by atoms with Crippen molar-refractivity contribution in [3.63, 3.8) is 0 Å². The number of nitrogen functional groups attached to an aromatic ring is 1. The van der Waals surface area contributed by atoms with Gasteiger partial charge in [0, 0.05) is 32.7 Å². The summed E-state index contributed by atoms with van der Waals surface area (Å²) in [6.07, 6.45) is 0.501. The first kappa shape index (κ1) is 15.4. The number of nitrogens with one attached hydrogen (secondary N) is 2. The number of amides is 1. The Balaban J connectivity index is 2.07. The molecule has 1 aromatic rings. The van der Waals surface area contributed by atoms with E-state index in [2.05, 4.69) is 10.6 Å². The lowest BCUT2D eigenvalue weighted by Gasteiger charge is -2.25. The first-order chi connectivity index (χ1) is 9.91. The minimum absolute atomic E-state index is 0.00898. The molecule has 1 aliphatic heterocycles. The van der Waals surface area contributed by atoms with E-state index in [1.54, 1.807) is 26.2 Å². The van der Waals surface area contributed by atoms with Crippen molar-refractivity contribution in [1.29, 1.82) is 0 Å². The third kappa shape index (κ3) is 3.99. The second-order valence-electron chi connectivity index (χ2n) is 5.37. The number of methoxy groups -OCH3 is 1. The number of nitrogens with two attached hydrogens (primary N) is 1. The zero-order valence-corrected chi connectivity index (χ0v) is 12.2. The van der Waals surface area contributed by atoms with Crippen molar-refractivity contribution in [3.8, 4) is 5.75 Å². The van der Waals surface area contributed by atoms with Gasteiger partial charge in [-0.15, -0.1) is 0 Å². The zero-order valence-electron chi connectivity index (χ0n) is 12.2. The van der Waals surface area contributed by atoms with Gasteiger partial charge in [-0.3, -0.25) is 4.79 Å². The van der Waals surface area contributed by atoms with Crippen LogP contribution < -0.4 is 21.1 Å². The van der Waals surface area contributed by atoms with E-state index >= 15 is 0 Å². The van der Waals surface area contributed by atoms with Crippen LogP contribution in [0, 0.1) is 0 Å². The van der Waals surface area contributed by atoms with Gasteiger partial charge in [0.25, 0.3) is 5.91 Å². The number of benzene rings is 1. The Morgan fingerprint density at radius 1 is 1.57 bits per heavy atom. The van der Waals surface area contributed by atoms with Crippen LogP contribution in [-0.2, 0) is 9.53 Å². The predicted octanol–water partition coefficient (Wildman–Crippen LogP) is 0.799. The number of rotatable bonds is 6. The first-order valence-electron chi connectivity index (χ1n) is 6.73. The molecule has 1 heterocycles. The number of hydrogen-bond donors (Lipinski definition) is 4. The maximum absolute atomic E-state index is 11.3. The Bertz CT molecular complexity index is 531. The van der Waals surface area contributed by atoms with Gasteiger partial charge >= 0.3 is 0 Å². The van der Waals surface area contributed by atoms with E-state index in [-0.39, 0.29) is 12.5 Å². The molecule has 0 fully saturated rings. The van der Waals surface area contributed by atoms with Gasteiger partial charge in [-0.25, -0.2) is 0 Å². The summed E-state index contributed by atoms with van der Waals surface area (Å²) in [4.78, 5) is 11.3. The second-order valence-corrected chi connectivity index (χ2v) is 5.37. The van der Waals surface area contributed by atoms with Crippen molar-refractivity contribution in [2.45, 2.75) is 18.9 Å². The van der Waals surface area contributed by atoms with Gasteiger partial charge in [0.05, 0.1) is 22.7 Å². The highest BCUT2D eigenvalue weighted by Gasteiger charge is 2.22. The normalized spacial score (nSPS) is 16.4. The Kier molecular flexibility index (Phi) is 4.54. The molecule has 0 saturated carbocycles. The van der Waals surface area contributed by atoms with E-state index in [9.17, 15) is 9.90 Å². The number of anilines is 3. The minimum atomic E-state index is -0.919. The second kappa shape index (κ2) is 6.19. The fraction of sp³-hybridized carbons (Fsp3) is 0.500. The molecule has 1 unspecified atom stereocenters. The number of hydrogen-bond acceptors (Lipinski definition) is 6. The summed E-state index contributed by atoms with van der Waals surface area (Å²) in [5.74, 6) is 0.342. The minimum Gasteiger partial charge on any atom is -0.482 e. The monoisotopic (exact) mass is 295 g/mol. The van der Waals surface area contributed by atoms with Crippen LogP contribution in [0.4, 0.5) is 17.1 Å². The van der Waals surface area contributed by atoms with Crippen LogP contribution in [0.25, 0.3) is 0 Å². The highest BCUT2D eigenvalue weighted by Crippen LogP contribution is 2.35. The Morgan fingerprint density at radius 2 is 2.33 bits per heavy atom. The van der Waals surface area contributed by atoms with Crippen LogP contribution in [0.1, 0.15) is 13.3 Å². The van der Waals surface area contributed by atoms with Gasteiger partial charge in [-0.2, -0.15) is 0 Å². The van der Waals surface area contributed by atoms with E-state index in [1.165, 1.54) is 0 Å². The Hall–Kier alpha value is -1.99. The van der Waals surface area contributed by atoms with Crippen molar-refractivity contribution < 1.29 is 19.4 Å². The molecule has 0 aromatic heterocycles. The Labute approximate surface area is 123 Å². The van der Waals surface area contributed by atoms with Crippen molar-refractivity contribution >= 4 is 23.0 Å². The van der Waals surface area contributed by atoms with Gasteiger partial charge in [0.15, 0.2) is 6.61 Å². The van der Waals surface area contributed by atoms with Crippen LogP contribution in [-0.4, -0.2) is 43.5 Å². The highest BCUT2D eigenvalue weighted by atomic mass is 16.5. The number of carbonyl (C=O) groups is 1. The Morgan fingerprint density at radius 3 is 3.05 bits per heavy atom. The molecular weight excluding hydrogens is 274 g/mol. The third-order valence-corrected chi connectivity index (χ3v) is 3.29. The van der Waals surface area contributed by atoms with Crippen LogP contribution >= 0.6 is 0 Å². The molecule has 1 amide bonds. The van der Waals surface area contributed by atoms with Gasteiger partial charge in [-0.1, -0.05) is 0 Å². The summed E-state index contributed by atoms with van der Waals surface area (Å²) >= 11 is 0. The maximum Gasteiger partial charge on any atom is 0.262 e. The smallest absolute Gasteiger partial charge is 0.262 e. The molecule has 7 heteroatoms. The summed E-state index contributed by atoms with van der Waals surface area (Å²) < 4.78 is 10.2. The van der Waals surface area contributed by atoms with Crippen LogP contribution in [0.3, 0.4) is 0 Å². The van der Waals surface area contributed by atoms with Crippen molar-refractivity contribution in [1.82, 2.24) is 0 Å². The van der Waals surface area contributed by atoms with E-state index in [0.717, 1.165) is 0 Å². The van der Waals surface area contributed by atoms with E-state index < -0.39 is 5.60 Å². The standard InChI is InChI=1S/C14H21N3O4/c1-14(19,3-4-20-2)8-16-10-6-11-12(5-9(10)15)21-7-13(18)17-11/h5-6,16,19H,3-4,7-8,15H2,1-2H3,(H,17,18). The molecule has 7 nitrogen and oxygen atoms in total. The number of fused-ring (bicyclic) bond motifs is 1. The quantitative estimate of drug-likeness (QED) is 0.578. The van der Waals surface area contributed by atoms with Crippen LogP contribution in [0.15, 0.2) is 12.1 Å². The fourth-order valence-electron chi connectivity index (χ4n) is 1.99. The highest BCUT2D eigenvalue weighted by molar-refractivity contribution is 5.97. The topological polar surface area (TPSA) is 106 Å². The molecule has 1 aromatic carbocycles. The lowest BCUT2D eigenvalue weighted by atomic mass is 10.0. The molecule has 0 aliphatic carbocycles. The summed E-state index contributed by atoms with van der Waals surface area (Å²) in [6.45, 7) is 2.50. The van der Waals surface area contributed by atoms with E-state index in [4.69, 9.17) is 15.2 Å². The van der Waals surface area contributed by atoms with E-state index in [0.29, 0.717) is 42.4 Å². The summed E-state index contributed by atoms with van der Waals surface area (Å²) in [5.41, 5.74) is 6.73. The maximum atomic E-state index is 11.3. The van der Waals surface area contributed by atoms with Crippen molar-refractivity contribution in [2.75, 3.05) is 43.2 Å². The molecule has 0 saturated heterocycles. The van der Waals surface area contributed by atoms with Crippen LogP contribution in [0.5, 0.6) is 5.75 Å². The third-order valence-electron chi connectivity index (χ3n) is 3.29. The zero-order chi connectivity index (χ0) is 15.5. The molecule has 0 spiro atoms. The van der Waals surface area contributed by atoms with Crippen molar-refractivity contribution in [2.24, 2.45) is 0 Å². The molecule has 0 bridgehead atoms. The molecule has 2 rings (SSSR count). The van der Waals surface area contributed by atoms with Crippen LogP contribution in [0.2, 0.25) is 0 Å². The SMILES string of the molecule is COCCC(C)(O)CNc1cc2c(cc1N)OCC(=O)N2. The lowest BCUT2D eigenvalue weighted by Crippen LogP contribution is -2.35. The first-order valence-corrected chi connectivity index (χ1v) is 6.73. The summed E-state index contributed by atoms with van der Waals surface area (Å²) in [5, 5.41) is 16.0. The number of ether oxygens (including phenoxy) is 2. The number of aliphatic hydroxyl groups is 1. The van der Waals surface area contributed by atoms with Gasteiger partial charge in [0.1, 0.15) is 5.75 Å². The summed E-state index contributed by atoms with van der Waals surface area (Å²) in [6, 6.07) is 3.36. The fourth-order valence-corrected chi connectivity index (χ4v) is 1.99. The van der Waals surface area contributed by atoms with Gasteiger partial charge in [-0.05, 0) is 13.0 Å². The lowest BCUT2D eigenvalue weighted by molar-refractivity contribution is -0.118. The van der Waals surface area contributed by atoms with Gasteiger partial charge in [0.2, 0.25) is 0 Å². The molecule has 1 aliphatic rings. The molecular formula is C14H21N3O4. The molecule has 0 radical (unpaired) electrons. The molecule has 5 N–H and O–H groups in total.